The second-order valence-electron chi connectivity index (χ2n) is 21.1. The van der Waals surface area contributed by atoms with Gasteiger partial charge in [-0.15, -0.1) is 0 Å². The van der Waals surface area contributed by atoms with Crippen LogP contribution in [0.5, 0.6) is 17.2 Å². The zero-order valence-corrected chi connectivity index (χ0v) is 46.3. The van der Waals surface area contributed by atoms with Crippen LogP contribution in [0.2, 0.25) is 0 Å². The van der Waals surface area contributed by atoms with Gasteiger partial charge in [0.1, 0.15) is 17.2 Å². The first kappa shape index (κ1) is 57.8. The number of aryl methyl sites for hydroxylation is 4. The Morgan fingerprint density at radius 1 is 0.375 bits per heavy atom. The largest absolute Gasteiger partial charge is 0.494 e. The molecule has 0 aliphatic rings. The Hall–Kier alpha value is -5.10. The second kappa shape index (κ2) is 34.3. The van der Waals surface area contributed by atoms with Gasteiger partial charge in [-0.1, -0.05) is 182 Å². The van der Waals surface area contributed by atoms with E-state index in [2.05, 4.69) is 167 Å². The van der Waals surface area contributed by atoms with E-state index >= 15 is 0 Å². The van der Waals surface area contributed by atoms with Gasteiger partial charge < -0.3 is 29.2 Å². The number of fused-ring (bicyclic) bond motifs is 3. The predicted octanol–water partition coefficient (Wildman–Crippen LogP) is 19.7. The van der Waals surface area contributed by atoms with Crippen LogP contribution < -0.4 is 14.2 Å². The van der Waals surface area contributed by atoms with Crippen molar-refractivity contribution in [1.82, 2.24) is 15.0 Å². The van der Waals surface area contributed by atoms with Crippen LogP contribution in [0.4, 0.5) is 0 Å². The fourth-order valence-corrected chi connectivity index (χ4v) is 9.79. The quantitative estimate of drug-likeness (QED) is 0.0359. The lowest BCUT2D eigenvalue weighted by Gasteiger charge is -2.13. The average molecular weight is 981 g/mol. The third-order valence-electron chi connectivity index (χ3n) is 14.1. The summed E-state index contributed by atoms with van der Waals surface area (Å²) in [6.07, 6.45) is 36.7. The standard InChI is InChI=1S/C24H31NO.2C21H33NO/c1-2-11-21-19-25-24-16-15-22(18-23(21)24)26-17-10-5-3-4-7-12-20-13-8-6-9-14-20;1-5-7-18-15-22-21-11-10-19(14-20(18)21)23-13-12-17(4)9-6-8-16(2)3;1-3-5-6-7-8-9-10-11-15-23-19-13-14-21-20(16-19)18(12-4-2)17-22-21/h6,8-9,13-16,18-19,25H,2-5,7,10-12,17H2,1H3;10-11,14-17,22H,5-9,12-13H2,1-4H3;13-14,16-17,22H,3-12,15H2,1-2H3. The summed E-state index contributed by atoms with van der Waals surface area (Å²) in [6, 6.07) is 30.0. The number of benzene rings is 4. The Labute approximate surface area is 437 Å². The average Bonchev–Trinajstić information content (AvgIpc) is 4.11. The van der Waals surface area contributed by atoms with E-state index in [-0.39, 0.29) is 0 Å². The molecule has 0 aliphatic heterocycles. The van der Waals surface area contributed by atoms with Crippen molar-refractivity contribution in [3.63, 3.8) is 0 Å². The van der Waals surface area contributed by atoms with Gasteiger partial charge in [0.2, 0.25) is 0 Å². The van der Waals surface area contributed by atoms with Crippen molar-refractivity contribution in [3.05, 3.63) is 126 Å². The number of aromatic amines is 3. The van der Waals surface area contributed by atoms with Crippen LogP contribution in [0.25, 0.3) is 32.7 Å². The Kier molecular flexibility index (Phi) is 27.6. The van der Waals surface area contributed by atoms with E-state index in [0.717, 1.165) is 81.0 Å². The number of hydrogen-bond acceptors (Lipinski definition) is 3. The third kappa shape index (κ3) is 21.2. The molecule has 7 aromatic rings. The van der Waals surface area contributed by atoms with Crippen molar-refractivity contribution in [2.45, 2.75) is 203 Å². The minimum atomic E-state index is 0.750. The molecule has 6 nitrogen and oxygen atoms in total. The van der Waals surface area contributed by atoms with Gasteiger partial charge in [-0.05, 0) is 140 Å². The number of ether oxygens (including phenoxy) is 3. The SMILES string of the molecule is CCCCCCCCCCOc1ccc2[nH]cc(CCC)c2c1.CCCc1c[nH]c2ccc(OCCC(C)CCCC(C)C)cc12.CCCc1c[nH]c2ccc(OCCCCCCCc3ccccc3)cc12. The monoisotopic (exact) mass is 980 g/mol. The van der Waals surface area contributed by atoms with Crippen molar-refractivity contribution in [3.8, 4) is 17.2 Å². The molecule has 0 saturated heterocycles. The second-order valence-corrected chi connectivity index (χ2v) is 21.1. The van der Waals surface area contributed by atoms with E-state index in [1.807, 2.05) is 0 Å². The third-order valence-corrected chi connectivity index (χ3v) is 14.1. The topological polar surface area (TPSA) is 75.1 Å². The number of nitrogens with one attached hydrogen (secondary N) is 3. The fraction of sp³-hybridized carbons (Fsp3) is 0.545. The normalized spacial score (nSPS) is 11.7. The predicted molar refractivity (Wildman–Crippen MR) is 312 cm³/mol. The van der Waals surface area contributed by atoms with Crippen LogP contribution in [0.15, 0.2) is 104 Å². The molecule has 3 aromatic heterocycles. The van der Waals surface area contributed by atoms with Crippen LogP contribution in [-0.2, 0) is 25.7 Å². The van der Waals surface area contributed by atoms with Crippen molar-refractivity contribution >= 4 is 32.7 Å². The number of H-pyrrole nitrogens is 3. The van der Waals surface area contributed by atoms with Gasteiger partial charge in [-0.25, -0.2) is 0 Å². The molecular weight excluding hydrogens is 883 g/mol. The fourth-order valence-electron chi connectivity index (χ4n) is 9.79. The molecule has 0 aliphatic carbocycles. The molecule has 3 heterocycles. The van der Waals surface area contributed by atoms with Gasteiger partial charge in [0.25, 0.3) is 0 Å². The number of hydrogen-bond donors (Lipinski definition) is 3. The van der Waals surface area contributed by atoms with Crippen molar-refractivity contribution in [2.24, 2.45) is 11.8 Å². The summed E-state index contributed by atoms with van der Waals surface area (Å²) in [6.45, 7) is 18.4. The van der Waals surface area contributed by atoms with Gasteiger partial charge in [0.15, 0.2) is 0 Å². The molecule has 6 heteroatoms. The van der Waals surface area contributed by atoms with Gasteiger partial charge in [0, 0.05) is 51.3 Å². The lowest BCUT2D eigenvalue weighted by molar-refractivity contribution is 0.276. The van der Waals surface area contributed by atoms with E-state index in [9.17, 15) is 0 Å². The lowest BCUT2D eigenvalue weighted by Crippen LogP contribution is -2.04. The van der Waals surface area contributed by atoms with Crippen LogP contribution in [0.1, 0.15) is 199 Å². The van der Waals surface area contributed by atoms with Gasteiger partial charge in [0.05, 0.1) is 19.8 Å². The molecule has 0 saturated carbocycles. The van der Waals surface area contributed by atoms with E-state index in [4.69, 9.17) is 14.2 Å². The summed E-state index contributed by atoms with van der Waals surface area (Å²) in [4.78, 5) is 10.1. The van der Waals surface area contributed by atoms with E-state index in [1.54, 1.807) is 0 Å². The molecule has 1 unspecified atom stereocenters. The Balaban J connectivity index is 0.000000201. The van der Waals surface area contributed by atoms with Crippen LogP contribution in [-0.4, -0.2) is 34.8 Å². The molecule has 0 spiro atoms. The molecule has 0 radical (unpaired) electrons. The Morgan fingerprint density at radius 2 is 0.792 bits per heavy atom. The molecule has 0 bridgehead atoms. The van der Waals surface area contributed by atoms with Crippen molar-refractivity contribution in [2.75, 3.05) is 19.8 Å². The van der Waals surface area contributed by atoms with Gasteiger partial charge in [-0.3, -0.25) is 0 Å². The first-order valence-corrected chi connectivity index (χ1v) is 29.0. The number of aromatic nitrogens is 3. The Morgan fingerprint density at radius 3 is 1.22 bits per heavy atom. The highest BCUT2D eigenvalue weighted by Crippen LogP contribution is 2.28. The molecule has 1 atom stereocenters. The molecule has 72 heavy (non-hydrogen) atoms. The molecule has 3 N–H and O–H groups in total. The molecule has 0 amide bonds. The molecule has 7 rings (SSSR count). The molecule has 394 valence electrons. The zero-order valence-electron chi connectivity index (χ0n) is 46.3. The van der Waals surface area contributed by atoms with Gasteiger partial charge in [-0.2, -0.15) is 0 Å². The van der Waals surface area contributed by atoms with Crippen molar-refractivity contribution in [1.29, 1.82) is 0 Å². The highest BCUT2D eigenvalue weighted by atomic mass is 16.5. The highest BCUT2D eigenvalue weighted by molar-refractivity contribution is 5.86. The Bertz CT molecular complexity index is 2460. The summed E-state index contributed by atoms with van der Waals surface area (Å²) in [7, 11) is 0. The maximum atomic E-state index is 6.00. The lowest BCUT2D eigenvalue weighted by atomic mass is 9.98. The minimum Gasteiger partial charge on any atom is -0.494 e. The summed E-state index contributed by atoms with van der Waals surface area (Å²) < 4.78 is 17.9. The first-order valence-electron chi connectivity index (χ1n) is 29.0. The minimum absolute atomic E-state index is 0.750. The van der Waals surface area contributed by atoms with Gasteiger partial charge >= 0.3 is 0 Å². The van der Waals surface area contributed by atoms with E-state index in [0.29, 0.717) is 0 Å². The highest BCUT2D eigenvalue weighted by Gasteiger charge is 2.09. The maximum Gasteiger partial charge on any atom is 0.120 e. The maximum absolute atomic E-state index is 6.00. The summed E-state index contributed by atoms with van der Waals surface area (Å²) in [5, 5.41) is 3.94. The van der Waals surface area contributed by atoms with Crippen LogP contribution >= 0.6 is 0 Å². The summed E-state index contributed by atoms with van der Waals surface area (Å²) in [5.41, 5.74) is 9.29. The van der Waals surface area contributed by atoms with E-state index in [1.165, 1.54) is 177 Å². The zero-order chi connectivity index (χ0) is 51.0. The number of rotatable bonds is 33. The molecule has 4 aromatic carbocycles. The summed E-state index contributed by atoms with van der Waals surface area (Å²) >= 11 is 0. The van der Waals surface area contributed by atoms with Crippen LogP contribution in [0.3, 0.4) is 0 Å². The number of unbranched alkanes of at least 4 members (excludes halogenated alkanes) is 11. The first-order chi connectivity index (χ1) is 35.3. The molecule has 0 fully saturated rings. The van der Waals surface area contributed by atoms with Crippen molar-refractivity contribution < 1.29 is 14.2 Å². The summed E-state index contributed by atoms with van der Waals surface area (Å²) in [5.74, 6) is 4.59. The molecular formula is C66H97N3O3. The van der Waals surface area contributed by atoms with Crippen LogP contribution in [0, 0.1) is 11.8 Å². The smallest absolute Gasteiger partial charge is 0.120 e. The van der Waals surface area contributed by atoms with E-state index < -0.39 is 0 Å².